The van der Waals surface area contributed by atoms with Crippen LogP contribution in [0.2, 0.25) is 0 Å². The lowest BCUT2D eigenvalue weighted by atomic mass is 9.94. The summed E-state index contributed by atoms with van der Waals surface area (Å²) in [6, 6.07) is 9.52. The van der Waals surface area contributed by atoms with Crippen molar-refractivity contribution >= 4 is 17.7 Å². The summed E-state index contributed by atoms with van der Waals surface area (Å²) in [7, 11) is 0. The molecule has 1 fully saturated rings. The highest BCUT2D eigenvalue weighted by molar-refractivity contribution is 5.87. The molecule has 0 saturated carbocycles. The molecule has 0 bridgehead atoms. The molecule has 170 valence electrons. The summed E-state index contributed by atoms with van der Waals surface area (Å²) in [5, 5.41) is 3.07. The van der Waals surface area contributed by atoms with E-state index in [1.54, 1.807) is 11.1 Å². The van der Waals surface area contributed by atoms with Crippen molar-refractivity contribution in [3.63, 3.8) is 0 Å². The van der Waals surface area contributed by atoms with Crippen molar-refractivity contribution < 1.29 is 14.3 Å². The summed E-state index contributed by atoms with van der Waals surface area (Å²) in [6.07, 6.45) is 4.43. The molecule has 0 radical (unpaired) electrons. The molecule has 7 nitrogen and oxygen atoms in total. The second kappa shape index (κ2) is 9.85. The molecular weight excluding hydrogens is 404 g/mol. The first-order valence-electron chi connectivity index (χ1n) is 10.8. The van der Waals surface area contributed by atoms with Gasteiger partial charge in [0, 0.05) is 37.9 Å². The Bertz CT molecular complexity index is 975. The fourth-order valence-corrected chi connectivity index (χ4v) is 3.86. The molecule has 1 aromatic carbocycles. The highest BCUT2D eigenvalue weighted by atomic mass is 16.6. The fourth-order valence-electron chi connectivity index (χ4n) is 3.86. The third kappa shape index (κ3) is 5.66. The smallest absolute Gasteiger partial charge is 0.408 e. The molecule has 1 aliphatic rings. The number of amides is 2. The molecule has 0 spiro atoms. The minimum absolute atomic E-state index is 0.0551. The zero-order valence-corrected chi connectivity index (χ0v) is 19.3. The minimum atomic E-state index is -0.602. The fraction of sp³-hybridized carbons (Fsp3) is 0.400. The quantitative estimate of drug-likeness (QED) is 0.721. The molecule has 3 rings (SSSR count). The largest absolute Gasteiger partial charge is 0.444 e. The molecule has 0 aliphatic carbocycles. The maximum atomic E-state index is 12.7. The van der Waals surface area contributed by atoms with Crippen LogP contribution in [0, 0.1) is 6.92 Å². The number of benzene rings is 1. The van der Waals surface area contributed by atoms with Crippen molar-refractivity contribution in [1.29, 1.82) is 0 Å². The molecule has 1 atom stereocenters. The van der Waals surface area contributed by atoms with Crippen molar-refractivity contribution in [2.24, 2.45) is 0 Å². The Morgan fingerprint density at radius 3 is 2.44 bits per heavy atom. The van der Waals surface area contributed by atoms with E-state index in [9.17, 15) is 9.59 Å². The average Bonchev–Trinajstić information content (AvgIpc) is 2.76. The Morgan fingerprint density at radius 2 is 1.81 bits per heavy atom. The van der Waals surface area contributed by atoms with Crippen molar-refractivity contribution in [1.82, 2.24) is 15.2 Å². The SMILES string of the molecule is C=CC(=O)N1CCN(c2cnccc2[C@H](NC(=O)OC(C)(C)C)c2ccccc2C)CC1. The lowest BCUT2D eigenvalue weighted by Crippen LogP contribution is -2.48. The van der Waals surface area contributed by atoms with Gasteiger partial charge in [-0.15, -0.1) is 0 Å². The lowest BCUT2D eigenvalue weighted by molar-refractivity contribution is -0.126. The van der Waals surface area contributed by atoms with Crippen LogP contribution in [-0.4, -0.2) is 53.7 Å². The Hall–Kier alpha value is -3.35. The summed E-state index contributed by atoms with van der Waals surface area (Å²) in [6.45, 7) is 13.7. The number of hydrogen-bond donors (Lipinski definition) is 1. The number of pyridine rings is 1. The first-order valence-corrected chi connectivity index (χ1v) is 10.8. The number of anilines is 1. The lowest BCUT2D eigenvalue weighted by Gasteiger charge is -2.37. The average molecular weight is 437 g/mol. The third-order valence-corrected chi connectivity index (χ3v) is 5.41. The Balaban J connectivity index is 1.94. The van der Waals surface area contributed by atoms with Crippen LogP contribution in [0.5, 0.6) is 0 Å². The first-order chi connectivity index (χ1) is 15.2. The molecule has 1 aromatic heterocycles. The zero-order chi connectivity index (χ0) is 23.3. The first kappa shape index (κ1) is 23.3. The monoisotopic (exact) mass is 436 g/mol. The maximum Gasteiger partial charge on any atom is 0.408 e. The minimum Gasteiger partial charge on any atom is -0.444 e. The van der Waals surface area contributed by atoms with Gasteiger partial charge >= 0.3 is 6.09 Å². The van der Waals surface area contributed by atoms with Crippen LogP contribution in [0.4, 0.5) is 10.5 Å². The normalized spacial score (nSPS) is 15.1. The van der Waals surface area contributed by atoms with Gasteiger partial charge in [0.1, 0.15) is 5.60 Å². The molecule has 1 N–H and O–H groups in total. The number of nitrogens with one attached hydrogen (secondary N) is 1. The van der Waals surface area contributed by atoms with Crippen molar-refractivity contribution in [3.8, 4) is 0 Å². The molecule has 2 amide bonds. The van der Waals surface area contributed by atoms with E-state index in [0.29, 0.717) is 26.2 Å². The second-order valence-corrected chi connectivity index (χ2v) is 8.89. The number of rotatable bonds is 5. The van der Waals surface area contributed by atoms with Gasteiger partial charge < -0.3 is 19.9 Å². The van der Waals surface area contributed by atoms with Gasteiger partial charge in [-0.2, -0.15) is 0 Å². The Labute approximate surface area is 190 Å². The molecule has 32 heavy (non-hydrogen) atoms. The van der Waals surface area contributed by atoms with E-state index in [2.05, 4.69) is 21.8 Å². The molecule has 0 unspecified atom stereocenters. The van der Waals surface area contributed by atoms with E-state index < -0.39 is 17.7 Å². The summed E-state index contributed by atoms with van der Waals surface area (Å²) in [5.74, 6) is -0.0551. The van der Waals surface area contributed by atoms with Gasteiger partial charge in [0.05, 0.1) is 17.9 Å². The molecule has 1 aliphatic heterocycles. The van der Waals surface area contributed by atoms with E-state index in [1.165, 1.54) is 6.08 Å². The van der Waals surface area contributed by atoms with E-state index >= 15 is 0 Å². The predicted molar refractivity (Wildman–Crippen MR) is 126 cm³/mol. The summed E-state index contributed by atoms with van der Waals surface area (Å²) < 4.78 is 5.56. The summed E-state index contributed by atoms with van der Waals surface area (Å²) in [4.78, 5) is 33.0. The number of aryl methyl sites for hydroxylation is 1. The third-order valence-electron chi connectivity index (χ3n) is 5.41. The van der Waals surface area contributed by atoms with E-state index in [4.69, 9.17) is 4.74 Å². The molecule has 1 saturated heterocycles. The van der Waals surface area contributed by atoms with E-state index in [0.717, 1.165) is 22.4 Å². The Morgan fingerprint density at radius 1 is 1.12 bits per heavy atom. The number of ether oxygens (including phenoxy) is 1. The number of hydrogen-bond acceptors (Lipinski definition) is 5. The Kier molecular flexibility index (Phi) is 7.18. The number of carbonyl (C=O) groups is 2. The number of alkyl carbamates (subject to hydrolysis) is 1. The van der Waals surface area contributed by atoms with Gasteiger partial charge in [-0.1, -0.05) is 30.8 Å². The van der Waals surface area contributed by atoms with Crippen molar-refractivity contribution in [3.05, 3.63) is 72.1 Å². The molecule has 2 heterocycles. The van der Waals surface area contributed by atoms with Gasteiger partial charge in [-0.3, -0.25) is 9.78 Å². The topological polar surface area (TPSA) is 74.8 Å². The highest BCUT2D eigenvalue weighted by Gasteiger charge is 2.28. The standard InChI is InChI=1S/C25H32N4O3/c1-6-22(30)29-15-13-28(14-16-29)21-17-26-12-11-20(21)23(19-10-8-7-9-18(19)2)27-24(31)32-25(3,4)5/h6-12,17,23H,1,13-16H2,2-5H3,(H,27,31)/t23-/m1/s1. The number of carbonyl (C=O) groups excluding carboxylic acids is 2. The van der Waals surface area contributed by atoms with Crippen LogP contribution >= 0.6 is 0 Å². The van der Waals surface area contributed by atoms with Gasteiger partial charge in [-0.05, 0) is 51.0 Å². The molecule has 7 heteroatoms. The van der Waals surface area contributed by atoms with E-state index in [-0.39, 0.29) is 5.91 Å². The number of nitrogens with zero attached hydrogens (tertiary/aromatic N) is 3. The van der Waals surface area contributed by atoms with Crippen LogP contribution in [-0.2, 0) is 9.53 Å². The van der Waals surface area contributed by atoms with Crippen molar-refractivity contribution in [2.45, 2.75) is 39.3 Å². The predicted octanol–water partition coefficient (Wildman–Crippen LogP) is 3.84. The van der Waals surface area contributed by atoms with Crippen molar-refractivity contribution in [2.75, 3.05) is 31.1 Å². The van der Waals surface area contributed by atoms with Crippen LogP contribution in [0.25, 0.3) is 0 Å². The van der Waals surface area contributed by atoms with Gasteiger partial charge in [-0.25, -0.2) is 4.79 Å². The zero-order valence-electron chi connectivity index (χ0n) is 19.3. The van der Waals surface area contributed by atoms with Crippen LogP contribution < -0.4 is 10.2 Å². The number of piperazine rings is 1. The van der Waals surface area contributed by atoms with Crippen LogP contribution in [0.1, 0.15) is 43.5 Å². The summed E-state index contributed by atoms with van der Waals surface area (Å²) >= 11 is 0. The molecular formula is C25H32N4O3. The highest BCUT2D eigenvalue weighted by Crippen LogP contribution is 2.32. The van der Waals surface area contributed by atoms with Gasteiger partial charge in [0.25, 0.3) is 0 Å². The second-order valence-electron chi connectivity index (χ2n) is 8.89. The van der Waals surface area contributed by atoms with Crippen LogP contribution in [0.3, 0.4) is 0 Å². The van der Waals surface area contributed by atoms with Crippen LogP contribution in [0.15, 0.2) is 55.4 Å². The van der Waals surface area contributed by atoms with Gasteiger partial charge in [0.2, 0.25) is 5.91 Å². The molecule has 2 aromatic rings. The summed E-state index contributed by atoms with van der Waals surface area (Å²) in [5.41, 5.74) is 3.32. The maximum absolute atomic E-state index is 12.7. The number of aromatic nitrogens is 1. The van der Waals surface area contributed by atoms with E-state index in [1.807, 2.05) is 64.2 Å². The van der Waals surface area contributed by atoms with Gasteiger partial charge in [0.15, 0.2) is 0 Å².